The van der Waals surface area contributed by atoms with Gasteiger partial charge in [0.2, 0.25) is 15.0 Å². The molecule has 28 heavy (non-hydrogen) atoms. The van der Waals surface area contributed by atoms with Crippen molar-refractivity contribution in [2.24, 2.45) is 0 Å². The predicted molar refractivity (Wildman–Crippen MR) is 108 cm³/mol. The fraction of sp³-hybridized carbons (Fsp3) is 0.850. The van der Waals surface area contributed by atoms with Crippen LogP contribution in [0.2, 0.25) is 0 Å². The van der Waals surface area contributed by atoms with Crippen molar-refractivity contribution in [3.63, 3.8) is 0 Å². The van der Waals surface area contributed by atoms with E-state index in [-0.39, 0.29) is 16.5 Å². The van der Waals surface area contributed by atoms with E-state index in [9.17, 15) is 8.42 Å². The minimum absolute atomic E-state index is 0.0659. The molecule has 0 spiro atoms. The summed E-state index contributed by atoms with van der Waals surface area (Å²) in [7, 11) is -1.34. The van der Waals surface area contributed by atoms with Crippen LogP contribution in [0.3, 0.4) is 0 Å². The number of nitrogens with zero attached hydrogens (tertiary/aromatic N) is 3. The van der Waals surface area contributed by atoms with Crippen LogP contribution in [-0.4, -0.2) is 67.6 Å². The molecule has 1 aromatic heterocycles. The minimum atomic E-state index is -3.38. The van der Waals surface area contributed by atoms with Gasteiger partial charge in [-0.3, -0.25) is 4.90 Å². The molecule has 8 heteroatoms. The van der Waals surface area contributed by atoms with Crippen LogP contribution < -0.4 is 0 Å². The number of hydrogen-bond donors (Lipinski definition) is 0. The van der Waals surface area contributed by atoms with E-state index in [0.29, 0.717) is 32.9 Å². The molecule has 7 nitrogen and oxygen atoms in total. The standard InChI is InChI=1S/C20H35N3O4S/c1-3-4-10-23-17(14-22(2)15-18-16-26-11-12-27-18)13-21-20(23)28(24,25)19-8-6-5-7-9-19/h13,18-19H,3-12,14-16H2,1-2H3/t18-/m1/s1. The third kappa shape index (κ3) is 5.34. The van der Waals surface area contributed by atoms with Crippen molar-refractivity contribution < 1.29 is 17.9 Å². The second-order valence-corrected chi connectivity index (χ2v) is 10.2. The quantitative estimate of drug-likeness (QED) is 0.620. The predicted octanol–water partition coefficient (Wildman–Crippen LogP) is 2.64. The average Bonchev–Trinajstić information content (AvgIpc) is 3.10. The molecule has 0 radical (unpaired) electrons. The van der Waals surface area contributed by atoms with Gasteiger partial charge in [-0.15, -0.1) is 0 Å². The number of aromatic nitrogens is 2. The van der Waals surface area contributed by atoms with Crippen molar-refractivity contribution in [1.29, 1.82) is 0 Å². The summed E-state index contributed by atoms with van der Waals surface area (Å²) in [4.78, 5) is 6.57. The van der Waals surface area contributed by atoms with E-state index in [1.54, 1.807) is 6.20 Å². The van der Waals surface area contributed by atoms with Crippen LogP contribution in [0.5, 0.6) is 0 Å². The number of sulfone groups is 1. The zero-order valence-corrected chi connectivity index (χ0v) is 18.1. The molecule has 1 aliphatic carbocycles. The van der Waals surface area contributed by atoms with Crippen LogP contribution >= 0.6 is 0 Å². The van der Waals surface area contributed by atoms with Gasteiger partial charge in [-0.25, -0.2) is 13.4 Å². The molecular weight excluding hydrogens is 378 g/mol. The lowest BCUT2D eigenvalue weighted by atomic mass is 10.0. The summed E-state index contributed by atoms with van der Waals surface area (Å²) in [6.07, 6.45) is 8.44. The summed E-state index contributed by atoms with van der Waals surface area (Å²) in [5, 5.41) is -0.00380. The number of hydrogen-bond acceptors (Lipinski definition) is 6. The number of likely N-dealkylation sites (N-methyl/N-ethyl adjacent to an activating group) is 1. The van der Waals surface area contributed by atoms with E-state index in [1.807, 2.05) is 11.6 Å². The van der Waals surface area contributed by atoms with E-state index in [1.165, 1.54) is 0 Å². The molecule has 0 unspecified atom stereocenters. The molecule has 3 rings (SSSR count). The van der Waals surface area contributed by atoms with E-state index in [2.05, 4.69) is 16.8 Å². The summed E-state index contributed by atoms with van der Waals surface area (Å²) in [6, 6.07) is 0. The lowest BCUT2D eigenvalue weighted by Crippen LogP contribution is -2.38. The van der Waals surface area contributed by atoms with Gasteiger partial charge in [0.1, 0.15) is 0 Å². The van der Waals surface area contributed by atoms with Crippen molar-refractivity contribution in [1.82, 2.24) is 14.5 Å². The van der Waals surface area contributed by atoms with Crippen molar-refractivity contribution in [3.05, 3.63) is 11.9 Å². The fourth-order valence-corrected chi connectivity index (χ4v) is 6.12. The Kier molecular flexibility index (Phi) is 7.91. The van der Waals surface area contributed by atoms with Gasteiger partial charge in [-0.1, -0.05) is 32.6 Å². The number of ether oxygens (including phenoxy) is 2. The molecule has 0 amide bonds. The highest BCUT2D eigenvalue weighted by Gasteiger charge is 2.33. The third-order valence-corrected chi connectivity index (χ3v) is 7.90. The number of unbranched alkanes of at least 4 members (excludes halogenated alkanes) is 1. The van der Waals surface area contributed by atoms with Crippen molar-refractivity contribution in [3.8, 4) is 0 Å². The van der Waals surface area contributed by atoms with Crippen LogP contribution in [0.1, 0.15) is 57.6 Å². The SMILES string of the molecule is CCCCn1c(CN(C)C[C@@H]2COCCO2)cnc1S(=O)(=O)C1CCCCC1. The van der Waals surface area contributed by atoms with Gasteiger partial charge in [0.15, 0.2) is 0 Å². The van der Waals surface area contributed by atoms with Crippen molar-refractivity contribution in [2.75, 3.05) is 33.4 Å². The molecule has 160 valence electrons. The lowest BCUT2D eigenvalue weighted by Gasteiger charge is -2.27. The maximum atomic E-state index is 13.3. The van der Waals surface area contributed by atoms with Gasteiger partial charge in [0.25, 0.3) is 0 Å². The molecular formula is C20H35N3O4S. The van der Waals surface area contributed by atoms with Gasteiger partial charge >= 0.3 is 0 Å². The van der Waals surface area contributed by atoms with E-state index >= 15 is 0 Å². The molecule has 0 N–H and O–H groups in total. The largest absolute Gasteiger partial charge is 0.376 e. The van der Waals surface area contributed by atoms with Gasteiger partial charge in [0, 0.05) is 19.6 Å². The minimum Gasteiger partial charge on any atom is -0.376 e. The lowest BCUT2D eigenvalue weighted by molar-refractivity contribution is -0.0964. The molecule has 0 bridgehead atoms. The second-order valence-electron chi connectivity index (χ2n) is 8.11. The van der Waals surface area contributed by atoms with Crippen LogP contribution in [0.15, 0.2) is 11.4 Å². The van der Waals surface area contributed by atoms with Crippen LogP contribution in [-0.2, 0) is 32.4 Å². The normalized spacial score (nSPS) is 22.0. The highest BCUT2D eigenvalue weighted by atomic mass is 32.2. The average molecular weight is 414 g/mol. The number of imidazole rings is 1. The molecule has 2 heterocycles. The first-order valence-electron chi connectivity index (χ1n) is 10.7. The third-order valence-electron chi connectivity index (χ3n) is 5.71. The van der Waals surface area contributed by atoms with Gasteiger partial charge in [0.05, 0.1) is 43.1 Å². The highest BCUT2D eigenvalue weighted by Crippen LogP contribution is 2.29. The van der Waals surface area contributed by atoms with Gasteiger partial charge < -0.3 is 14.0 Å². The van der Waals surface area contributed by atoms with E-state index in [4.69, 9.17) is 9.47 Å². The summed E-state index contributed by atoms with van der Waals surface area (Å²) in [5.41, 5.74) is 0.960. The Balaban J connectivity index is 1.75. The molecule has 2 aliphatic rings. The monoisotopic (exact) mass is 413 g/mol. The Labute approximate surface area is 169 Å². The van der Waals surface area contributed by atoms with Gasteiger partial charge in [-0.2, -0.15) is 0 Å². The maximum absolute atomic E-state index is 13.3. The van der Waals surface area contributed by atoms with Gasteiger partial charge in [-0.05, 0) is 26.3 Å². The van der Waals surface area contributed by atoms with Crippen LogP contribution in [0.25, 0.3) is 0 Å². The topological polar surface area (TPSA) is 73.7 Å². The summed E-state index contributed by atoms with van der Waals surface area (Å²) < 4.78 is 39.7. The summed E-state index contributed by atoms with van der Waals surface area (Å²) in [5.74, 6) is 0. The zero-order chi connectivity index (χ0) is 20.0. The molecule has 1 atom stereocenters. The smallest absolute Gasteiger partial charge is 0.228 e. The van der Waals surface area contributed by atoms with Crippen molar-refractivity contribution >= 4 is 9.84 Å². The Morgan fingerprint density at radius 3 is 2.71 bits per heavy atom. The maximum Gasteiger partial charge on any atom is 0.228 e. The molecule has 1 saturated heterocycles. The van der Waals surface area contributed by atoms with Crippen LogP contribution in [0.4, 0.5) is 0 Å². The summed E-state index contributed by atoms with van der Waals surface area (Å²) in [6.45, 7) is 6.13. The first-order chi connectivity index (χ1) is 13.5. The first kappa shape index (κ1) is 21.7. The van der Waals surface area contributed by atoms with Crippen LogP contribution in [0, 0.1) is 0 Å². The summed E-state index contributed by atoms with van der Waals surface area (Å²) >= 11 is 0. The Morgan fingerprint density at radius 2 is 2.04 bits per heavy atom. The van der Waals surface area contributed by atoms with E-state index in [0.717, 1.165) is 57.2 Å². The zero-order valence-electron chi connectivity index (χ0n) is 17.3. The molecule has 1 aromatic rings. The molecule has 1 saturated carbocycles. The van der Waals surface area contributed by atoms with Crippen molar-refractivity contribution in [2.45, 2.75) is 81.5 Å². The molecule has 1 aliphatic heterocycles. The molecule has 0 aromatic carbocycles. The first-order valence-corrected chi connectivity index (χ1v) is 12.2. The van der Waals surface area contributed by atoms with E-state index < -0.39 is 9.84 Å². The Morgan fingerprint density at radius 1 is 1.25 bits per heavy atom. The Bertz CT molecular complexity index is 707. The molecule has 2 fully saturated rings. The second kappa shape index (κ2) is 10.2. The number of rotatable bonds is 9. The highest BCUT2D eigenvalue weighted by molar-refractivity contribution is 7.91. The Hall–Kier alpha value is -0.960. The fourth-order valence-electron chi connectivity index (χ4n) is 4.16.